The van der Waals surface area contributed by atoms with Crippen LogP contribution in [0, 0.1) is 4.77 Å². The zero-order chi connectivity index (χ0) is 12.6. The lowest BCUT2D eigenvalue weighted by molar-refractivity contribution is 0.657. The molecule has 0 amide bonds. The van der Waals surface area contributed by atoms with Crippen molar-refractivity contribution in [2.24, 2.45) is 0 Å². The zero-order valence-corrected chi connectivity index (χ0v) is 11.9. The van der Waals surface area contributed by atoms with Crippen LogP contribution in [0.15, 0.2) is 30.3 Å². The summed E-state index contributed by atoms with van der Waals surface area (Å²) < 4.78 is 3.23. The van der Waals surface area contributed by atoms with Crippen molar-refractivity contribution in [2.45, 2.75) is 24.1 Å². The molecule has 1 N–H and O–H groups in total. The van der Waals surface area contributed by atoms with Gasteiger partial charge < -0.3 is 0 Å². The fourth-order valence-corrected chi connectivity index (χ4v) is 3.09. The number of rotatable bonds is 4. The Bertz CT molecular complexity index is 596. The van der Waals surface area contributed by atoms with E-state index in [1.165, 1.54) is 12.8 Å². The topological polar surface area (TPSA) is 33.6 Å². The number of nitrogens with zero attached hydrogens (tertiary/aromatic N) is 2. The van der Waals surface area contributed by atoms with Crippen molar-refractivity contribution in [1.29, 1.82) is 0 Å². The van der Waals surface area contributed by atoms with E-state index in [9.17, 15) is 0 Å². The summed E-state index contributed by atoms with van der Waals surface area (Å²) in [7, 11) is 0. The minimum Gasteiger partial charge on any atom is -0.299 e. The van der Waals surface area contributed by atoms with Crippen molar-refractivity contribution >= 4 is 24.0 Å². The van der Waals surface area contributed by atoms with Crippen molar-refractivity contribution in [3.63, 3.8) is 0 Å². The van der Waals surface area contributed by atoms with Crippen LogP contribution in [0.3, 0.4) is 0 Å². The van der Waals surface area contributed by atoms with Crippen LogP contribution >= 0.6 is 24.0 Å². The summed E-state index contributed by atoms with van der Waals surface area (Å²) in [6.45, 7) is 0.952. The van der Waals surface area contributed by atoms with Gasteiger partial charge >= 0.3 is 0 Å². The number of thioether (sulfide) groups is 1. The predicted molar refractivity (Wildman–Crippen MR) is 78.3 cm³/mol. The first-order valence-corrected chi connectivity index (χ1v) is 7.63. The molecule has 3 rings (SSSR count). The Labute approximate surface area is 116 Å². The number of hydrogen-bond donors (Lipinski definition) is 1. The van der Waals surface area contributed by atoms with E-state index in [1.807, 2.05) is 30.0 Å². The van der Waals surface area contributed by atoms with E-state index < -0.39 is 0 Å². The molecule has 1 aromatic heterocycles. The molecule has 1 saturated carbocycles. The second-order valence-electron chi connectivity index (χ2n) is 4.69. The molecule has 94 valence electrons. The van der Waals surface area contributed by atoms with Crippen molar-refractivity contribution in [2.75, 3.05) is 6.26 Å². The molecule has 0 radical (unpaired) electrons. The molecule has 18 heavy (non-hydrogen) atoms. The summed E-state index contributed by atoms with van der Waals surface area (Å²) in [4.78, 5) is 0. The maximum atomic E-state index is 5.35. The van der Waals surface area contributed by atoms with Crippen LogP contribution in [0.4, 0.5) is 0 Å². The average molecular weight is 277 g/mol. The van der Waals surface area contributed by atoms with E-state index >= 15 is 0 Å². The molecular formula is C13H15N3S2. The largest absolute Gasteiger partial charge is 0.299 e. The van der Waals surface area contributed by atoms with Gasteiger partial charge in [-0.15, -0.1) is 0 Å². The van der Waals surface area contributed by atoms with Crippen LogP contribution in [0.1, 0.15) is 12.8 Å². The number of nitrogens with one attached hydrogen (secondary N) is 1. The third-order valence-electron chi connectivity index (χ3n) is 3.48. The Kier molecular flexibility index (Phi) is 3.03. The molecule has 1 aliphatic carbocycles. The van der Waals surface area contributed by atoms with Crippen molar-refractivity contribution in [3.05, 3.63) is 35.1 Å². The molecule has 0 spiro atoms. The van der Waals surface area contributed by atoms with Crippen LogP contribution in [-0.2, 0) is 6.54 Å². The van der Waals surface area contributed by atoms with Crippen LogP contribution in [0.25, 0.3) is 11.4 Å². The summed E-state index contributed by atoms with van der Waals surface area (Å²) in [5.74, 6) is 0.945. The van der Waals surface area contributed by atoms with Gasteiger partial charge in [-0.05, 0) is 31.3 Å². The van der Waals surface area contributed by atoms with Gasteiger partial charge in [-0.2, -0.15) is 16.9 Å². The molecule has 0 aliphatic heterocycles. The molecule has 2 aromatic rings. The Hall–Kier alpha value is -1.07. The van der Waals surface area contributed by atoms with Gasteiger partial charge in [0.1, 0.15) is 0 Å². The summed E-state index contributed by atoms with van der Waals surface area (Å²) in [6.07, 6.45) is 4.73. The van der Waals surface area contributed by atoms with E-state index in [0.29, 0.717) is 9.52 Å². The van der Waals surface area contributed by atoms with Gasteiger partial charge in [0, 0.05) is 16.9 Å². The standard InChI is InChI=1S/C13H15N3S2/c1-18-13(7-8-13)9-16-11(14-15-12(16)17)10-5-3-2-4-6-10/h2-6H,7-9H2,1H3,(H,15,17). The fraction of sp³-hybridized carbons (Fsp3) is 0.385. The van der Waals surface area contributed by atoms with Crippen molar-refractivity contribution in [3.8, 4) is 11.4 Å². The molecule has 5 heteroatoms. The lowest BCUT2D eigenvalue weighted by atomic mass is 10.2. The van der Waals surface area contributed by atoms with E-state index in [1.54, 1.807) is 0 Å². The Morgan fingerprint density at radius 1 is 1.39 bits per heavy atom. The molecule has 0 unspecified atom stereocenters. The van der Waals surface area contributed by atoms with E-state index in [0.717, 1.165) is 17.9 Å². The number of H-pyrrole nitrogens is 1. The highest BCUT2D eigenvalue weighted by Gasteiger charge is 2.42. The van der Waals surface area contributed by atoms with Gasteiger partial charge in [0.15, 0.2) is 10.6 Å². The van der Waals surface area contributed by atoms with Gasteiger partial charge in [-0.1, -0.05) is 30.3 Å². The molecule has 1 aromatic carbocycles. The van der Waals surface area contributed by atoms with Gasteiger partial charge in [0.2, 0.25) is 0 Å². The van der Waals surface area contributed by atoms with Crippen LogP contribution in [0.5, 0.6) is 0 Å². The normalized spacial score (nSPS) is 16.7. The molecule has 1 fully saturated rings. The van der Waals surface area contributed by atoms with E-state index in [2.05, 4.69) is 33.2 Å². The smallest absolute Gasteiger partial charge is 0.195 e. The number of aromatic amines is 1. The molecule has 1 aliphatic rings. The Balaban J connectivity index is 2.00. The average Bonchev–Trinajstić information content (AvgIpc) is 3.10. The lowest BCUT2D eigenvalue weighted by Gasteiger charge is -2.14. The molecule has 0 saturated heterocycles. The summed E-state index contributed by atoms with van der Waals surface area (Å²) >= 11 is 7.29. The second kappa shape index (κ2) is 4.55. The molecule has 3 nitrogen and oxygen atoms in total. The monoisotopic (exact) mass is 277 g/mol. The zero-order valence-electron chi connectivity index (χ0n) is 10.2. The summed E-state index contributed by atoms with van der Waals surface area (Å²) in [6, 6.07) is 10.2. The second-order valence-corrected chi connectivity index (χ2v) is 6.35. The summed E-state index contributed by atoms with van der Waals surface area (Å²) in [5, 5.41) is 7.29. The highest BCUT2D eigenvalue weighted by atomic mass is 32.2. The number of aromatic nitrogens is 3. The maximum Gasteiger partial charge on any atom is 0.195 e. The third-order valence-corrected chi connectivity index (χ3v) is 5.19. The number of benzene rings is 1. The summed E-state index contributed by atoms with van der Waals surface area (Å²) in [5.41, 5.74) is 1.11. The molecule has 1 heterocycles. The van der Waals surface area contributed by atoms with Crippen molar-refractivity contribution < 1.29 is 0 Å². The van der Waals surface area contributed by atoms with Crippen LogP contribution in [-0.4, -0.2) is 25.8 Å². The first-order valence-electron chi connectivity index (χ1n) is 6.00. The van der Waals surface area contributed by atoms with Crippen molar-refractivity contribution in [1.82, 2.24) is 14.8 Å². The highest BCUT2D eigenvalue weighted by Crippen LogP contribution is 2.48. The Morgan fingerprint density at radius 2 is 2.11 bits per heavy atom. The molecular weight excluding hydrogens is 262 g/mol. The predicted octanol–water partition coefficient (Wildman–Crippen LogP) is 3.50. The van der Waals surface area contributed by atoms with Crippen LogP contribution < -0.4 is 0 Å². The van der Waals surface area contributed by atoms with Crippen LogP contribution in [0.2, 0.25) is 0 Å². The van der Waals surface area contributed by atoms with Gasteiger partial charge in [-0.3, -0.25) is 9.67 Å². The number of hydrogen-bond acceptors (Lipinski definition) is 3. The molecule has 0 atom stereocenters. The lowest BCUT2D eigenvalue weighted by Crippen LogP contribution is -2.14. The van der Waals surface area contributed by atoms with E-state index in [-0.39, 0.29) is 0 Å². The molecule has 0 bridgehead atoms. The van der Waals surface area contributed by atoms with E-state index in [4.69, 9.17) is 12.2 Å². The quantitative estimate of drug-likeness (QED) is 0.868. The minimum atomic E-state index is 0.381. The Morgan fingerprint density at radius 3 is 2.72 bits per heavy atom. The first kappa shape index (κ1) is 12.0. The highest BCUT2D eigenvalue weighted by molar-refractivity contribution is 8.00. The first-order chi connectivity index (χ1) is 8.74. The van der Waals surface area contributed by atoms with Gasteiger partial charge in [-0.25, -0.2) is 0 Å². The van der Waals surface area contributed by atoms with Gasteiger partial charge in [0.05, 0.1) is 0 Å². The van der Waals surface area contributed by atoms with Gasteiger partial charge in [0.25, 0.3) is 0 Å². The maximum absolute atomic E-state index is 5.35. The third kappa shape index (κ3) is 2.12. The fourth-order valence-electron chi connectivity index (χ4n) is 2.13. The SMILES string of the molecule is CSC1(Cn2c(-c3ccccc3)n[nH]c2=S)CC1. The minimum absolute atomic E-state index is 0.381.